The minimum atomic E-state index is -0.285. The highest BCUT2D eigenvalue weighted by atomic mass is 16.3. The third kappa shape index (κ3) is 2.31. The number of carbonyl (C=O) groups excluding carboxylic acids is 1. The lowest BCUT2D eigenvalue weighted by Gasteiger charge is -2.14. The number of aliphatic hydroxyl groups is 1. The van der Waals surface area contributed by atoms with Crippen LogP contribution in [0, 0.1) is 12.8 Å². The number of para-hydroxylation sites is 1. The minimum Gasteiger partial charge on any atom is -0.451 e. The van der Waals surface area contributed by atoms with E-state index in [1.54, 1.807) is 0 Å². The number of aryl methyl sites for hydroxylation is 1. The van der Waals surface area contributed by atoms with Crippen LogP contribution in [0.25, 0.3) is 11.0 Å². The molecule has 2 aromatic rings. The van der Waals surface area contributed by atoms with E-state index < -0.39 is 0 Å². The Bertz CT molecular complexity index is 632. The summed E-state index contributed by atoms with van der Waals surface area (Å²) in [5.74, 6) is 0.347. The summed E-state index contributed by atoms with van der Waals surface area (Å²) >= 11 is 0. The molecule has 1 fully saturated rings. The number of aliphatic hydroxyl groups excluding tert-OH is 1. The molecule has 0 spiro atoms. The molecular weight excluding hydrogens is 254 g/mol. The molecule has 20 heavy (non-hydrogen) atoms. The summed E-state index contributed by atoms with van der Waals surface area (Å²) < 4.78 is 5.63. The van der Waals surface area contributed by atoms with Gasteiger partial charge < -0.3 is 14.8 Å². The fourth-order valence-corrected chi connectivity index (χ4v) is 2.95. The second-order valence-electron chi connectivity index (χ2n) is 5.52. The lowest BCUT2D eigenvalue weighted by molar-refractivity contribution is 0.0891. The molecule has 106 valence electrons. The number of nitrogens with one attached hydrogen (secondary N) is 1. The molecule has 1 heterocycles. The standard InChI is InChI=1S/C16H19NO3/c1-10-12-6-2-3-8-14(12)20-15(10)16(19)17-9-11-5-4-7-13(11)18/h2-3,6,8,11,13,18H,4-5,7,9H2,1H3,(H,17,19). The van der Waals surface area contributed by atoms with Crippen molar-refractivity contribution in [2.75, 3.05) is 6.54 Å². The third-order valence-electron chi connectivity index (χ3n) is 4.19. The Hall–Kier alpha value is -1.81. The summed E-state index contributed by atoms with van der Waals surface area (Å²) in [6.07, 6.45) is 2.56. The fraction of sp³-hybridized carbons (Fsp3) is 0.438. The van der Waals surface area contributed by atoms with E-state index in [1.807, 2.05) is 31.2 Å². The van der Waals surface area contributed by atoms with Gasteiger partial charge in [-0.1, -0.05) is 24.6 Å². The van der Waals surface area contributed by atoms with Crippen LogP contribution in [0.5, 0.6) is 0 Å². The lowest BCUT2D eigenvalue weighted by Crippen LogP contribution is -2.32. The van der Waals surface area contributed by atoms with Gasteiger partial charge in [0.2, 0.25) is 0 Å². The van der Waals surface area contributed by atoms with Gasteiger partial charge in [0.1, 0.15) is 5.58 Å². The predicted octanol–water partition coefficient (Wildman–Crippen LogP) is 2.63. The van der Waals surface area contributed by atoms with E-state index in [-0.39, 0.29) is 17.9 Å². The molecule has 0 aliphatic heterocycles. The van der Waals surface area contributed by atoms with Crippen molar-refractivity contribution in [2.24, 2.45) is 5.92 Å². The molecular formula is C16H19NO3. The molecule has 1 saturated carbocycles. The maximum atomic E-state index is 12.2. The Morgan fingerprint density at radius 3 is 2.90 bits per heavy atom. The molecule has 1 aliphatic rings. The van der Waals surface area contributed by atoms with E-state index in [4.69, 9.17) is 4.42 Å². The van der Waals surface area contributed by atoms with Crippen molar-refractivity contribution < 1.29 is 14.3 Å². The molecule has 2 N–H and O–H groups in total. The molecule has 3 rings (SSSR count). The van der Waals surface area contributed by atoms with Crippen molar-refractivity contribution in [3.8, 4) is 0 Å². The van der Waals surface area contributed by atoms with E-state index in [2.05, 4.69) is 5.32 Å². The van der Waals surface area contributed by atoms with Crippen molar-refractivity contribution in [2.45, 2.75) is 32.3 Å². The largest absolute Gasteiger partial charge is 0.451 e. The van der Waals surface area contributed by atoms with Gasteiger partial charge in [0, 0.05) is 23.4 Å². The molecule has 1 aromatic heterocycles. The van der Waals surface area contributed by atoms with Crippen molar-refractivity contribution in [3.63, 3.8) is 0 Å². The molecule has 2 atom stereocenters. The molecule has 4 heteroatoms. The van der Waals surface area contributed by atoms with Crippen LogP contribution in [0.2, 0.25) is 0 Å². The SMILES string of the molecule is Cc1c(C(=O)NCC2CCCC2O)oc2ccccc12. The molecule has 0 bridgehead atoms. The van der Waals surface area contributed by atoms with Crippen molar-refractivity contribution in [1.82, 2.24) is 5.32 Å². The maximum Gasteiger partial charge on any atom is 0.287 e. The number of hydrogen-bond donors (Lipinski definition) is 2. The highest BCUT2D eigenvalue weighted by Gasteiger charge is 2.26. The van der Waals surface area contributed by atoms with Gasteiger partial charge in [-0.05, 0) is 25.8 Å². The van der Waals surface area contributed by atoms with Gasteiger partial charge in [-0.15, -0.1) is 0 Å². The van der Waals surface area contributed by atoms with Crippen LogP contribution in [0.15, 0.2) is 28.7 Å². The average molecular weight is 273 g/mol. The van der Waals surface area contributed by atoms with Crippen LogP contribution in [-0.2, 0) is 0 Å². The Labute approximate surface area is 117 Å². The van der Waals surface area contributed by atoms with Crippen LogP contribution >= 0.6 is 0 Å². The number of furan rings is 1. The number of amides is 1. The van der Waals surface area contributed by atoms with Gasteiger partial charge >= 0.3 is 0 Å². The molecule has 1 aliphatic carbocycles. The zero-order valence-corrected chi connectivity index (χ0v) is 11.6. The first-order chi connectivity index (χ1) is 9.66. The number of benzene rings is 1. The van der Waals surface area contributed by atoms with Gasteiger partial charge in [-0.25, -0.2) is 0 Å². The van der Waals surface area contributed by atoms with Gasteiger partial charge in [0.25, 0.3) is 5.91 Å². The minimum absolute atomic E-state index is 0.170. The summed E-state index contributed by atoms with van der Waals surface area (Å²) in [6.45, 7) is 2.40. The monoisotopic (exact) mass is 273 g/mol. The van der Waals surface area contributed by atoms with Gasteiger partial charge in [0.15, 0.2) is 5.76 Å². The number of rotatable bonds is 3. The van der Waals surface area contributed by atoms with Gasteiger partial charge in [-0.2, -0.15) is 0 Å². The topological polar surface area (TPSA) is 62.5 Å². The summed E-state index contributed by atoms with van der Waals surface area (Å²) in [7, 11) is 0. The molecule has 1 amide bonds. The summed E-state index contributed by atoms with van der Waals surface area (Å²) in [4.78, 5) is 12.2. The second kappa shape index (κ2) is 5.29. The summed E-state index contributed by atoms with van der Waals surface area (Å²) in [5.41, 5.74) is 1.60. The highest BCUT2D eigenvalue weighted by Crippen LogP contribution is 2.26. The molecule has 1 aromatic carbocycles. The van der Waals surface area contributed by atoms with Crippen molar-refractivity contribution in [1.29, 1.82) is 0 Å². The van der Waals surface area contributed by atoms with E-state index in [0.717, 1.165) is 35.8 Å². The Morgan fingerprint density at radius 1 is 1.40 bits per heavy atom. The predicted molar refractivity (Wildman–Crippen MR) is 76.6 cm³/mol. The zero-order valence-electron chi connectivity index (χ0n) is 11.6. The number of carbonyl (C=O) groups is 1. The summed E-state index contributed by atoms with van der Waals surface area (Å²) in [5, 5.41) is 13.6. The van der Waals surface area contributed by atoms with Crippen LogP contribution < -0.4 is 5.32 Å². The normalized spacial score (nSPS) is 22.3. The van der Waals surface area contributed by atoms with Crippen LogP contribution in [0.3, 0.4) is 0 Å². The summed E-state index contributed by atoms with van der Waals surface area (Å²) in [6, 6.07) is 7.63. The molecule has 0 saturated heterocycles. The Morgan fingerprint density at radius 2 is 2.20 bits per heavy atom. The van der Waals surface area contributed by atoms with E-state index in [0.29, 0.717) is 12.3 Å². The highest BCUT2D eigenvalue weighted by molar-refractivity contribution is 5.98. The maximum absolute atomic E-state index is 12.2. The van der Waals surface area contributed by atoms with E-state index in [1.165, 1.54) is 0 Å². The zero-order chi connectivity index (χ0) is 14.1. The Balaban J connectivity index is 1.74. The quantitative estimate of drug-likeness (QED) is 0.903. The Kier molecular flexibility index (Phi) is 3.49. The first-order valence-electron chi connectivity index (χ1n) is 7.11. The third-order valence-corrected chi connectivity index (χ3v) is 4.19. The number of fused-ring (bicyclic) bond motifs is 1. The van der Waals surface area contributed by atoms with E-state index >= 15 is 0 Å². The van der Waals surface area contributed by atoms with Crippen molar-refractivity contribution >= 4 is 16.9 Å². The van der Waals surface area contributed by atoms with Crippen LogP contribution in [0.1, 0.15) is 35.4 Å². The van der Waals surface area contributed by atoms with Crippen LogP contribution in [-0.4, -0.2) is 23.7 Å². The molecule has 0 radical (unpaired) electrons. The first-order valence-corrected chi connectivity index (χ1v) is 7.11. The van der Waals surface area contributed by atoms with Gasteiger partial charge in [0.05, 0.1) is 6.10 Å². The first kappa shape index (κ1) is 13.2. The fourth-order valence-electron chi connectivity index (χ4n) is 2.95. The van der Waals surface area contributed by atoms with Gasteiger partial charge in [-0.3, -0.25) is 4.79 Å². The lowest BCUT2D eigenvalue weighted by atomic mass is 10.1. The smallest absolute Gasteiger partial charge is 0.287 e. The van der Waals surface area contributed by atoms with Crippen LogP contribution in [0.4, 0.5) is 0 Å². The number of hydrogen-bond acceptors (Lipinski definition) is 3. The van der Waals surface area contributed by atoms with Crippen molar-refractivity contribution in [3.05, 3.63) is 35.6 Å². The molecule has 2 unspecified atom stereocenters. The van der Waals surface area contributed by atoms with E-state index in [9.17, 15) is 9.90 Å². The second-order valence-corrected chi connectivity index (χ2v) is 5.52. The average Bonchev–Trinajstić information content (AvgIpc) is 3.01. The molecule has 4 nitrogen and oxygen atoms in total.